The molecule has 0 radical (unpaired) electrons. The number of rotatable bonds is 6. The Morgan fingerprint density at radius 1 is 0.714 bits per heavy atom. The van der Waals surface area contributed by atoms with Crippen molar-refractivity contribution >= 4 is 39.8 Å². The van der Waals surface area contributed by atoms with Crippen LogP contribution in [0.4, 0.5) is 0 Å². The molecule has 0 heterocycles. The molecule has 4 heteroatoms. The molecule has 0 unspecified atom stereocenters. The Morgan fingerprint density at radius 2 is 1.07 bits per heavy atom. The van der Waals surface area contributed by atoms with Crippen molar-refractivity contribution in [2.45, 2.75) is 13.3 Å². The smallest absolute Gasteiger partial charge is 0.342 e. The maximum atomic E-state index is 13.2. The van der Waals surface area contributed by atoms with Crippen molar-refractivity contribution in [3.8, 4) is 0 Å². The molecule has 0 spiro atoms. The van der Waals surface area contributed by atoms with Crippen LogP contribution in [0.25, 0.3) is 0 Å². The van der Waals surface area contributed by atoms with E-state index >= 15 is 0 Å². The van der Waals surface area contributed by atoms with Crippen LogP contribution in [-0.4, -0.2) is 24.2 Å². The number of benzene rings is 3. The quantitative estimate of drug-likeness (QED) is 0.369. The van der Waals surface area contributed by atoms with Gasteiger partial charge in [-0.2, -0.15) is 0 Å². The van der Waals surface area contributed by atoms with Gasteiger partial charge >= 0.3 is 5.97 Å². The fourth-order valence-corrected chi connectivity index (χ4v) is 7.92. The van der Waals surface area contributed by atoms with E-state index in [9.17, 15) is 9.59 Å². The lowest BCUT2D eigenvalue weighted by Gasteiger charge is -2.31. The first-order valence-electron chi connectivity index (χ1n) is 9.21. The second-order valence-electron chi connectivity index (χ2n) is 6.29. The zero-order valence-corrected chi connectivity index (χ0v) is 16.9. The van der Waals surface area contributed by atoms with Crippen molar-refractivity contribution in [1.29, 1.82) is 0 Å². The molecule has 0 aliphatic rings. The zero-order valence-electron chi connectivity index (χ0n) is 16.0. The van der Waals surface area contributed by atoms with Gasteiger partial charge in [0, 0.05) is 6.42 Å². The number of hydrogen-bond donors (Lipinski definition) is 0. The molecule has 142 valence electrons. The summed E-state index contributed by atoms with van der Waals surface area (Å²) in [7, 11) is 1.33. The van der Waals surface area contributed by atoms with Gasteiger partial charge in [-0.15, -0.1) is 0 Å². The predicted octanol–water partition coefficient (Wildman–Crippen LogP) is 3.31. The summed E-state index contributed by atoms with van der Waals surface area (Å²) in [6.45, 7) is -0.937. The van der Waals surface area contributed by atoms with E-state index in [1.165, 1.54) is 7.11 Å². The molecule has 0 bridgehead atoms. The number of esters is 1. The molecule has 0 N–H and O–H groups in total. The van der Waals surface area contributed by atoms with Crippen LogP contribution in [0.1, 0.15) is 13.3 Å². The third-order valence-electron chi connectivity index (χ3n) is 4.73. The molecule has 0 saturated carbocycles. The van der Waals surface area contributed by atoms with Crippen LogP contribution in [0.15, 0.2) is 91.0 Å². The fraction of sp³-hybridized carbons (Fsp3) is 0.125. The monoisotopic (exact) mass is 390 g/mol. The highest BCUT2D eigenvalue weighted by Gasteiger charge is 2.36. The molecular formula is C24H23O3P. The molecule has 3 aromatic carbocycles. The van der Waals surface area contributed by atoms with Gasteiger partial charge in [0.2, 0.25) is 0 Å². The Balaban J connectivity index is 2.64. The van der Waals surface area contributed by atoms with Crippen LogP contribution in [0.2, 0.25) is 0 Å². The fourth-order valence-electron chi connectivity index (χ4n) is 3.49. The van der Waals surface area contributed by atoms with Crippen LogP contribution < -0.4 is 15.9 Å². The number of Topliss-reactive ketones (excluding diaryl/α,β-unsaturated/α-hetero) is 1. The first-order chi connectivity index (χ1) is 13.7. The van der Waals surface area contributed by atoms with Crippen molar-refractivity contribution in [1.82, 2.24) is 0 Å². The van der Waals surface area contributed by atoms with Gasteiger partial charge in [0.15, 0.2) is 5.78 Å². The van der Waals surface area contributed by atoms with Crippen LogP contribution in [0, 0.1) is 0 Å². The van der Waals surface area contributed by atoms with Gasteiger partial charge < -0.3 is 4.74 Å². The lowest BCUT2D eigenvalue weighted by atomic mass is 10.2. The Hall–Kier alpha value is -2.90. The van der Waals surface area contributed by atoms with E-state index in [2.05, 4.69) is 0 Å². The SMILES string of the molecule is CCC(=O)C(C(=O)OC)=P(c1ccccc1)(c1ccccc1)c1ccccc1. The number of ketones is 1. The number of carbonyl (C=O) groups excluding carboxylic acids is 2. The second-order valence-corrected chi connectivity index (χ2v) is 9.63. The molecule has 0 aliphatic carbocycles. The molecule has 3 nitrogen and oxygen atoms in total. The first kappa shape index (κ1) is 19.9. The highest BCUT2D eigenvalue weighted by Crippen LogP contribution is 2.46. The average molecular weight is 390 g/mol. The minimum Gasteiger partial charge on any atom is -0.465 e. The second kappa shape index (κ2) is 8.86. The van der Waals surface area contributed by atoms with Gasteiger partial charge in [0.25, 0.3) is 0 Å². The summed E-state index contributed by atoms with van der Waals surface area (Å²) in [6, 6.07) is 29.5. The molecule has 3 aromatic rings. The van der Waals surface area contributed by atoms with Gasteiger partial charge in [0.1, 0.15) is 5.29 Å². The summed E-state index contributed by atoms with van der Waals surface area (Å²) < 4.78 is 5.14. The van der Waals surface area contributed by atoms with E-state index in [0.717, 1.165) is 15.9 Å². The Bertz CT molecular complexity index is 888. The molecule has 0 fully saturated rings. The molecule has 3 rings (SSSR count). The van der Waals surface area contributed by atoms with E-state index in [1.807, 2.05) is 91.0 Å². The topological polar surface area (TPSA) is 43.4 Å². The Labute approximate surface area is 166 Å². The highest BCUT2D eigenvalue weighted by atomic mass is 31.2. The first-order valence-corrected chi connectivity index (χ1v) is 11.0. The van der Waals surface area contributed by atoms with Gasteiger partial charge in [-0.1, -0.05) is 97.9 Å². The van der Waals surface area contributed by atoms with Crippen LogP contribution in [-0.2, 0) is 14.3 Å². The molecule has 0 amide bonds. The summed E-state index contributed by atoms with van der Waals surface area (Å²) in [6.07, 6.45) is 0.235. The van der Waals surface area contributed by atoms with Crippen LogP contribution in [0.5, 0.6) is 0 Å². The minimum absolute atomic E-state index is 0.184. The number of ether oxygens (including phenoxy) is 1. The van der Waals surface area contributed by atoms with E-state index in [0.29, 0.717) is 0 Å². The molecule has 28 heavy (non-hydrogen) atoms. The van der Waals surface area contributed by atoms with Crippen LogP contribution in [0.3, 0.4) is 0 Å². The molecule has 0 saturated heterocycles. The van der Waals surface area contributed by atoms with Crippen LogP contribution >= 0.6 is 6.89 Å². The molecular weight excluding hydrogens is 367 g/mol. The standard InChI is InChI=1S/C24H23O3P/c1-3-22(25)23(24(26)27-2)28(19-13-7-4-8-14-19,20-15-9-5-10-16-20)21-17-11-6-12-18-21/h4-18H,3H2,1-2H3. The highest BCUT2D eigenvalue weighted by molar-refractivity contribution is 7.97. The Kier molecular flexibility index (Phi) is 6.28. The van der Waals surface area contributed by atoms with Gasteiger partial charge in [-0.3, -0.25) is 4.79 Å². The van der Waals surface area contributed by atoms with E-state index in [1.54, 1.807) is 6.92 Å². The molecule has 0 aromatic heterocycles. The van der Waals surface area contributed by atoms with Crippen molar-refractivity contribution in [2.75, 3.05) is 7.11 Å². The summed E-state index contributed by atoms with van der Waals surface area (Å²) in [5.41, 5.74) is 0. The summed E-state index contributed by atoms with van der Waals surface area (Å²) in [5.74, 6) is -0.742. The van der Waals surface area contributed by atoms with Gasteiger partial charge in [-0.25, -0.2) is 4.79 Å². The summed E-state index contributed by atoms with van der Waals surface area (Å²) in [5, 5.41) is 3.10. The third-order valence-corrected chi connectivity index (χ3v) is 9.05. The number of carbonyl (C=O) groups is 2. The van der Waals surface area contributed by atoms with Crippen molar-refractivity contribution in [2.24, 2.45) is 0 Å². The maximum Gasteiger partial charge on any atom is 0.342 e. The zero-order chi connectivity index (χ0) is 20.0. The Morgan fingerprint density at radius 3 is 1.36 bits per heavy atom. The van der Waals surface area contributed by atoms with Gasteiger partial charge in [0.05, 0.1) is 7.11 Å². The largest absolute Gasteiger partial charge is 0.465 e. The van der Waals surface area contributed by atoms with Crippen molar-refractivity contribution in [3.63, 3.8) is 0 Å². The number of hydrogen-bond acceptors (Lipinski definition) is 3. The van der Waals surface area contributed by atoms with E-state index in [4.69, 9.17) is 4.74 Å². The van der Waals surface area contributed by atoms with E-state index in [-0.39, 0.29) is 17.5 Å². The van der Waals surface area contributed by atoms with Crippen molar-refractivity contribution in [3.05, 3.63) is 91.0 Å². The minimum atomic E-state index is -2.72. The van der Waals surface area contributed by atoms with Gasteiger partial charge in [-0.05, 0) is 22.8 Å². The number of methoxy groups -OCH3 is 1. The summed E-state index contributed by atoms with van der Waals surface area (Å²) in [4.78, 5) is 26.2. The van der Waals surface area contributed by atoms with E-state index < -0.39 is 12.9 Å². The lowest BCUT2D eigenvalue weighted by Crippen LogP contribution is -2.37. The normalized spacial score (nSPS) is 10.9. The predicted molar refractivity (Wildman–Crippen MR) is 117 cm³/mol. The van der Waals surface area contributed by atoms with Crippen molar-refractivity contribution < 1.29 is 14.3 Å². The average Bonchev–Trinajstić information content (AvgIpc) is 2.78. The third kappa shape index (κ3) is 3.46. The summed E-state index contributed by atoms with van der Waals surface area (Å²) >= 11 is 0. The maximum absolute atomic E-state index is 13.2. The molecule has 0 aliphatic heterocycles. The molecule has 0 atom stereocenters. The lowest BCUT2D eigenvalue weighted by molar-refractivity contribution is -0.133.